The van der Waals surface area contributed by atoms with Gasteiger partial charge in [0.1, 0.15) is 11.4 Å². The topological polar surface area (TPSA) is 22.1 Å². The molecular weight excluding hydrogens is 282 g/mol. The number of benzene rings is 1. The van der Waals surface area contributed by atoms with E-state index in [0.717, 1.165) is 23.4 Å². The number of unbranched alkanes of at least 4 members (excludes halogenated alkanes) is 3. The zero-order chi connectivity index (χ0) is 16.3. The van der Waals surface area contributed by atoms with Gasteiger partial charge in [-0.3, -0.25) is 0 Å². The zero-order valence-corrected chi connectivity index (χ0v) is 14.1. The normalized spacial score (nSPS) is 10.0. The zero-order valence-electron chi connectivity index (χ0n) is 14.1. The van der Waals surface area contributed by atoms with Crippen LogP contribution >= 0.6 is 0 Å². The van der Waals surface area contributed by atoms with Gasteiger partial charge in [-0.25, -0.2) is 4.98 Å². The second kappa shape index (κ2) is 9.69. The summed E-state index contributed by atoms with van der Waals surface area (Å²) in [6.45, 7) is 4.85. The summed E-state index contributed by atoms with van der Waals surface area (Å²) in [4.78, 5) is 4.29. The summed E-state index contributed by atoms with van der Waals surface area (Å²) >= 11 is 0. The van der Waals surface area contributed by atoms with Crippen LogP contribution in [0.2, 0.25) is 0 Å². The molecular formula is C21H25NO. The van der Waals surface area contributed by atoms with E-state index in [-0.39, 0.29) is 0 Å². The Labute approximate surface area is 139 Å². The van der Waals surface area contributed by atoms with Crippen molar-refractivity contribution >= 4 is 0 Å². The Hall–Kier alpha value is -2.27. The quantitative estimate of drug-likeness (QED) is 0.530. The maximum absolute atomic E-state index is 5.37. The summed E-state index contributed by atoms with van der Waals surface area (Å²) in [5.74, 6) is 7.04. The van der Waals surface area contributed by atoms with E-state index in [4.69, 9.17) is 4.74 Å². The third-order valence-electron chi connectivity index (χ3n) is 3.66. The van der Waals surface area contributed by atoms with Crippen molar-refractivity contribution in [2.75, 3.05) is 6.61 Å². The maximum atomic E-state index is 5.37. The lowest BCUT2D eigenvalue weighted by Gasteiger charge is -2.01. The van der Waals surface area contributed by atoms with Gasteiger partial charge in [-0.1, -0.05) is 44.2 Å². The van der Waals surface area contributed by atoms with Crippen LogP contribution in [-0.4, -0.2) is 11.6 Å². The number of hydrogen-bond donors (Lipinski definition) is 0. The highest BCUT2D eigenvalue weighted by atomic mass is 16.5. The molecule has 0 amide bonds. The standard InChI is InChI=1S/C21H25NO/c1-3-5-6-7-8-18-9-11-19(12-10-18)13-14-20-15-16-21(17-22-20)23-4-2/h9-12,15-17H,3-8H2,1-2H3. The van der Waals surface area contributed by atoms with Crippen LogP contribution in [0, 0.1) is 11.8 Å². The van der Waals surface area contributed by atoms with E-state index in [1.54, 1.807) is 6.20 Å². The van der Waals surface area contributed by atoms with Crippen molar-refractivity contribution in [1.29, 1.82) is 0 Å². The maximum Gasteiger partial charge on any atom is 0.137 e. The molecule has 0 atom stereocenters. The number of hydrogen-bond acceptors (Lipinski definition) is 2. The van der Waals surface area contributed by atoms with Crippen LogP contribution in [0.5, 0.6) is 5.75 Å². The Balaban J connectivity index is 1.90. The molecule has 2 aromatic rings. The summed E-state index contributed by atoms with van der Waals surface area (Å²) in [6.07, 6.45) is 8.09. The fraction of sp³-hybridized carbons (Fsp3) is 0.381. The van der Waals surface area contributed by atoms with E-state index in [0.29, 0.717) is 6.61 Å². The Morgan fingerprint density at radius 3 is 2.39 bits per heavy atom. The van der Waals surface area contributed by atoms with Gasteiger partial charge in [0, 0.05) is 5.56 Å². The molecule has 0 aliphatic heterocycles. The molecule has 0 spiro atoms. The number of aromatic nitrogens is 1. The van der Waals surface area contributed by atoms with Crippen LogP contribution in [0.4, 0.5) is 0 Å². The molecule has 2 heteroatoms. The molecule has 1 aromatic carbocycles. The Kier molecular flexibility index (Phi) is 7.20. The third-order valence-corrected chi connectivity index (χ3v) is 3.66. The summed E-state index contributed by atoms with van der Waals surface area (Å²) in [6, 6.07) is 12.3. The molecule has 0 unspecified atom stereocenters. The Bertz CT molecular complexity index is 632. The smallest absolute Gasteiger partial charge is 0.137 e. The number of rotatable bonds is 7. The number of pyridine rings is 1. The van der Waals surface area contributed by atoms with Gasteiger partial charge in [0.2, 0.25) is 0 Å². The van der Waals surface area contributed by atoms with Gasteiger partial charge in [0.15, 0.2) is 0 Å². The van der Waals surface area contributed by atoms with Gasteiger partial charge in [-0.2, -0.15) is 0 Å². The third kappa shape index (κ3) is 6.16. The Morgan fingerprint density at radius 2 is 1.74 bits per heavy atom. The number of nitrogens with zero attached hydrogens (tertiary/aromatic N) is 1. The molecule has 0 N–H and O–H groups in total. The van der Waals surface area contributed by atoms with E-state index >= 15 is 0 Å². The lowest BCUT2D eigenvalue weighted by molar-refractivity contribution is 0.339. The van der Waals surface area contributed by atoms with Crippen molar-refractivity contribution in [1.82, 2.24) is 4.98 Å². The molecule has 1 aromatic heterocycles. The largest absolute Gasteiger partial charge is 0.492 e. The van der Waals surface area contributed by atoms with Crippen molar-refractivity contribution in [3.8, 4) is 17.6 Å². The lowest BCUT2D eigenvalue weighted by Crippen LogP contribution is -1.92. The van der Waals surface area contributed by atoms with Crippen LogP contribution in [0.1, 0.15) is 56.4 Å². The van der Waals surface area contributed by atoms with Crippen LogP contribution < -0.4 is 4.74 Å². The van der Waals surface area contributed by atoms with Crippen molar-refractivity contribution in [3.63, 3.8) is 0 Å². The van der Waals surface area contributed by atoms with Crippen molar-refractivity contribution in [3.05, 3.63) is 59.4 Å². The minimum absolute atomic E-state index is 0.650. The second-order valence-corrected chi connectivity index (χ2v) is 5.57. The van der Waals surface area contributed by atoms with Gasteiger partial charge >= 0.3 is 0 Å². The first-order chi connectivity index (χ1) is 11.3. The highest BCUT2D eigenvalue weighted by Gasteiger charge is 1.95. The molecule has 0 aliphatic carbocycles. The molecule has 0 fully saturated rings. The van der Waals surface area contributed by atoms with Gasteiger partial charge < -0.3 is 4.74 Å². The van der Waals surface area contributed by atoms with Crippen molar-refractivity contribution < 1.29 is 4.74 Å². The van der Waals surface area contributed by atoms with E-state index in [1.165, 1.54) is 31.2 Å². The first-order valence-electron chi connectivity index (χ1n) is 8.51. The predicted octanol–water partition coefficient (Wildman–Crippen LogP) is 5.00. The molecule has 0 aliphatic rings. The van der Waals surface area contributed by atoms with E-state index in [2.05, 4.69) is 48.0 Å². The van der Waals surface area contributed by atoms with E-state index in [1.807, 2.05) is 19.1 Å². The van der Waals surface area contributed by atoms with Crippen LogP contribution in [-0.2, 0) is 6.42 Å². The highest BCUT2D eigenvalue weighted by molar-refractivity contribution is 5.41. The lowest BCUT2D eigenvalue weighted by atomic mass is 10.0. The van der Waals surface area contributed by atoms with Crippen LogP contribution in [0.15, 0.2) is 42.6 Å². The first-order valence-corrected chi connectivity index (χ1v) is 8.51. The molecule has 1 heterocycles. The van der Waals surface area contributed by atoms with Crippen molar-refractivity contribution in [2.45, 2.75) is 46.0 Å². The summed E-state index contributed by atoms with van der Waals surface area (Å²) in [5, 5.41) is 0. The minimum Gasteiger partial charge on any atom is -0.492 e. The number of aryl methyl sites for hydroxylation is 1. The monoisotopic (exact) mass is 307 g/mol. The van der Waals surface area contributed by atoms with Crippen molar-refractivity contribution in [2.24, 2.45) is 0 Å². The van der Waals surface area contributed by atoms with Gasteiger partial charge in [0.25, 0.3) is 0 Å². The molecule has 0 radical (unpaired) electrons. The highest BCUT2D eigenvalue weighted by Crippen LogP contribution is 2.10. The molecule has 0 saturated carbocycles. The van der Waals surface area contributed by atoms with Gasteiger partial charge in [-0.15, -0.1) is 0 Å². The average Bonchev–Trinajstić information content (AvgIpc) is 2.59. The average molecular weight is 307 g/mol. The molecule has 23 heavy (non-hydrogen) atoms. The summed E-state index contributed by atoms with van der Waals surface area (Å²) in [5.41, 5.74) is 3.18. The summed E-state index contributed by atoms with van der Waals surface area (Å²) in [7, 11) is 0. The second-order valence-electron chi connectivity index (χ2n) is 5.57. The summed E-state index contributed by atoms with van der Waals surface area (Å²) < 4.78 is 5.37. The molecule has 120 valence electrons. The van der Waals surface area contributed by atoms with Gasteiger partial charge in [0.05, 0.1) is 12.8 Å². The Morgan fingerprint density at radius 1 is 0.913 bits per heavy atom. The molecule has 2 nitrogen and oxygen atoms in total. The minimum atomic E-state index is 0.650. The molecule has 0 bridgehead atoms. The van der Waals surface area contributed by atoms with Crippen LogP contribution in [0.25, 0.3) is 0 Å². The predicted molar refractivity (Wildman–Crippen MR) is 95.7 cm³/mol. The number of ether oxygens (including phenoxy) is 1. The molecule has 2 rings (SSSR count). The fourth-order valence-electron chi connectivity index (χ4n) is 2.35. The fourth-order valence-corrected chi connectivity index (χ4v) is 2.35. The van der Waals surface area contributed by atoms with E-state index in [9.17, 15) is 0 Å². The van der Waals surface area contributed by atoms with Crippen LogP contribution in [0.3, 0.4) is 0 Å². The van der Waals surface area contributed by atoms with E-state index < -0.39 is 0 Å². The van der Waals surface area contributed by atoms with Gasteiger partial charge in [-0.05, 0) is 55.5 Å². The molecule has 0 saturated heterocycles. The SMILES string of the molecule is CCCCCCc1ccc(C#Cc2ccc(OCC)cn2)cc1. The first kappa shape index (κ1) is 17.1.